The van der Waals surface area contributed by atoms with Gasteiger partial charge in [-0.1, -0.05) is 105 Å². The monoisotopic (exact) mass is 431 g/mol. The summed E-state index contributed by atoms with van der Waals surface area (Å²) in [6.07, 6.45) is 15.3. The molecule has 1 aliphatic rings. The van der Waals surface area contributed by atoms with Crippen LogP contribution in [0.1, 0.15) is 48.9 Å². The average molecular weight is 432 g/mol. The third kappa shape index (κ3) is 6.23. The van der Waals surface area contributed by atoms with Crippen molar-refractivity contribution in [2.45, 2.75) is 39.5 Å². The standard InChI is InChI=1S/C32H33N/c1-3-25-13-19-28(20-14-25)32(29-21-15-26(4-2)16-22-29)12-8-9-27-17-23-31(24-18-27)33-30-10-6-5-7-11-30/h5-17,19-23,33H,3-4,18,24H2,1-2H3. The molecule has 3 aromatic carbocycles. The van der Waals surface area contributed by atoms with Gasteiger partial charge in [-0.05, 0) is 77.3 Å². The molecule has 0 amide bonds. The summed E-state index contributed by atoms with van der Waals surface area (Å²) in [6, 6.07) is 28.3. The zero-order valence-corrected chi connectivity index (χ0v) is 19.7. The molecule has 0 radical (unpaired) electrons. The first kappa shape index (κ1) is 22.6. The molecule has 1 N–H and O–H groups in total. The van der Waals surface area contributed by atoms with E-state index < -0.39 is 0 Å². The number of anilines is 1. The van der Waals surface area contributed by atoms with Gasteiger partial charge in [-0.15, -0.1) is 0 Å². The van der Waals surface area contributed by atoms with Crippen LogP contribution in [0.3, 0.4) is 0 Å². The summed E-state index contributed by atoms with van der Waals surface area (Å²) in [4.78, 5) is 0. The van der Waals surface area contributed by atoms with Crippen molar-refractivity contribution in [2.24, 2.45) is 0 Å². The molecule has 0 atom stereocenters. The van der Waals surface area contributed by atoms with Crippen LogP contribution in [0.2, 0.25) is 0 Å². The predicted octanol–water partition coefficient (Wildman–Crippen LogP) is 8.52. The van der Waals surface area contributed by atoms with E-state index in [0.29, 0.717) is 0 Å². The molecule has 1 nitrogen and oxygen atoms in total. The quantitative estimate of drug-likeness (QED) is 0.352. The minimum Gasteiger partial charge on any atom is -0.359 e. The Morgan fingerprint density at radius 3 is 1.85 bits per heavy atom. The summed E-state index contributed by atoms with van der Waals surface area (Å²) in [5.41, 5.74) is 10.3. The highest BCUT2D eigenvalue weighted by Gasteiger charge is 2.07. The Labute approximate surface area is 198 Å². The molecule has 1 heteroatoms. The van der Waals surface area contributed by atoms with Crippen molar-refractivity contribution in [3.05, 3.63) is 143 Å². The molecule has 0 spiro atoms. The summed E-state index contributed by atoms with van der Waals surface area (Å²) in [6.45, 7) is 4.40. The highest BCUT2D eigenvalue weighted by Crippen LogP contribution is 2.26. The molecule has 0 fully saturated rings. The maximum absolute atomic E-state index is 3.52. The lowest BCUT2D eigenvalue weighted by Crippen LogP contribution is -2.02. The fourth-order valence-electron chi connectivity index (χ4n) is 4.07. The van der Waals surface area contributed by atoms with Crippen molar-refractivity contribution < 1.29 is 0 Å². The number of nitrogens with one attached hydrogen (secondary N) is 1. The van der Waals surface area contributed by atoms with Crippen LogP contribution < -0.4 is 5.32 Å². The van der Waals surface area contributed by atoms with Crippen LogP contribution in [0, 0.1) is 0 Å². The Balaban J connectivity index is 1.54. The van der Waals surface area contributed by atoms with Gasteiger partial charge in [0.1, 0.15) is 0 Å². The average Bonchev–Trinajstić information content (AvgIpc) is 2.88. The Bertz CT molecular complexity index is 1110. The molecule has 0 saturated heterocycles. The summed E-state index contributed by atoms with van der Waals surface area (Å²) in [7, 11) is 0. The molecule has 0 aliphatic heterocycles. The number of aryl methyl sites for hydroxylation is 2. The first-order valence-corrected chi connectivity index (χ1v) is 12.0. The van der Waals surface area contributed by atoms with Crippen LogP contribution in [0.15, 0.2) is 121 Å². The molecule has 166 valence electrons. The summed E-state index contributed by atoms with van der Waals surface area (Å²) in [5, 5.41) is 3.52. The van der Waals surface area contributed by atoms with Gasteiger partial charge < -0.3 is 5.32 Å². The molecule has 33 heavy (non-hydrogen) atoms. The lowest BCUT2D eigenvalue weighted by atomic mass is 9.94. The molecule has 0 unspecified atom stereocenters. The van der Waals surface area contributed by atoms with E-state index >= 15 is 0 Å². The number of para-hydroxylation sites is 1. The molecule has 1 aliphatic carbocycles. The van der Waals surface area contributed by atoms with Gasteiger partial charge in [0.25, 0.3) is 0 Å². The minimum absolute atomic E-state index is 1.03. The highest BCUT2D eigenvalue weighted by atomic mass is 14.9. The second kappa shape index (κ2) is 11.3. The van der Waals surface area contributed by atoms with E-state index in [0.717, 1.165) is 31.4 Å². The number of benzene rings is 3. The minimum atomic E-state index is 1.03. The van der Waals surface area contributed by atoms with Gasteiger partial charge in [-0.3, -0.25) is 0 Å². The van der Waals surface area contributed by atoms with Crippen LogP contribution in [0.4, 0.5) is 5.69 Å². The predicted molar refractivity (Wildman–Crippen MR) is 143 cm³/mol. The van der Waals surface area contributed by atoms with E-state index in [1.165, 1.54) is 39.1 Å². The smallest absolute Gasteiger partial charge is 0.0381 e. The van der Waals surface area contributed by atoms with Gasteiger partial charge in [0, 0.05) is 11.4 Å². The second-order valence-corrected chi connectivity index (χ2v) is 8.46. The topological polar surface area (TPSA) is 12.0 Å². The number of rotatable bonds is 8. The van der Waals surface area contributed by atoms with Gasteiger partial charge in [-0.25, -0.2) is 0 Å². The van der Waals surface area contributed by atoms with Crippen molar-refractivity contribution in [1.82, 2.24) is 0 Å². The summed E-state index contributed by atoms with van der Waals surface area (Å²) < 4.78 is 0. The van der Waals surface area contributed by atoms with E-state index in [2.05, 4.69) is 122 Å². The third-order valence-electron chi connectivity index (χ3n) is 6.18. The van der Waals surface area contributed by atoms with Gasteiger partial charge in [0.2, 0.25) is 0 Å². The molecular formula is C32H33N. The van der Waals surface area contributed by atoms with Crippen LogP contribution >= 0.6 is 0 Å². The van der Waals surface area contributed by atoms with E-state index in [1.54, 1.807) is 0 Å². The van der Waals surface area contributed by atoms with Crippen LogP contribution in [-0.2, 0) is 12.8 Å². The number of hydrogen-bond acceptors (Lipinski definition) is 1. The molecule has 0 bridgehead atoms. The third-order valence-corrected chi connectivity index (χ3v) is 6.18. The molecule has 0 heterocycles. The number of allylic oxidation sites excluding steroid dienone is 7. The first-order chi connectivity index (χ1) is 16.2. The van der Waals surface area contributed by atoms with Crippen LogP contribution in [0.5, 0.6) is 0 Å². The van der Waals surface area contributed by atoms with Crippen molar-refractivity contribution in [2.75, 3.05) is 5.32 Å². The van der Waals surface area contributed by atoms with Gasteiger partial charge in [0.05, 0.1) is 0 Å². The summed E-state index contributed by atoms with van der Waals surface area (Å²) in [5.74, 6) is 0. The maximum Gasteiger partial charge on any atom is 0.0381 e. The Morgan fingerprint density at radius 1 is 0.727 bits per heavy atom. The zero-order chi connectivity index (χ0) is 22.9. The first-order valence-electron chi connectivity index (χ1n) is 12.0. The molecule has 4 rings (SSSR count). The van der Waals surface area contributed by atoms with Crippen molar-refractivity contribution in [3.8, 4) is 0 Å². The second-order valence-electron chi connectivity index (χ2n) is 8.46. The Hall–Kier alpha value is -3.58. The Morgan fingerprint density at radius 2 is 1.33 bits per heavy atom. The van der Waals surface area contributed by atoms with Crippen molar-refractivity contribution in [1.29, 1.82) is 0 Å². The van der Waals surface area contributed by atoms with Gasteiger partial charge in [0.15, 0.2) is 0 Å². The maximum atomic E-state index is 3.52. The van der Waals surface area contributed by atoms with E-state index in [9.17, 15) is 0 Å². The molecular weight excluding hydrogens is 398 g/mol. The van der Waals surface area contributed by atoms with Gasteiger partial charge in [-0.2, -0.15) is 0 Å². The summed E-state index contributed by atoms with van der Waals surface area (Å²) >= 11 is 0. The molecule has 3 aromatic rings. The molecule has 0 aromatic heterocycles. The van der Waals surface area contributed by atoms with Crippen LogP contribution in [-0.4, -0.2) is 0 Å². The normalized spacial score (nSPS) is 13.4. The van der Waals surface area contributed by atoms with Gasteiger partial charge >= 0.3 is 0 Å². The van der Waals surface area contributed by atoms with Crippen molar-refractivity contribution >= 4 is 11.3 Å². The van der Waals surface area contributed by atoms with E-state index in [-0.39, 0.29) is 0 Å². The lowest BCUT2D eigenvalue weighted by molar-refractivity contribution is 0.932. The Kier molecular flexibility index (Phi) is 7.76. The fourth-order valence-corrected chi connectivity index (χ4v) is 4.07. The highest BCUT2D eigenvalue weighted by molar-refractivity contribution is 5.81. The number of hydrogen-bond donors (Lipinski definition) is 1. The fraction of sp³-hybridized carbons (Fsp3) is 0.188. The van der Waals surface area contributed by atoms with E-state index in [4.69, 9.17) is 0 Å². The largest absolute Gasteiger partial charge is 0.359 e. The molecule has 0 saturated carbocycles. The zero-order valence-electron chi connectivity index (χ0n) is 19.7. The van der Waals surface area contributed by atoms with E-state index in [1.807, 2.05) is 6.07 Å². The van der Waals surface area contributed by atoms with Crippen molar-refractivity contribution in [3.63, 3.8) is 0 Å². The SMILES string of the molecule is CCc1ccc(C(=CC=CC2=CC=C(Nc3ccccc3)CC2)c2ccc(CC)cc2)cc1. The van der Waals surface area contributed by atoms with Crippen LogP contribution in [0.25, 0.3) is 5.57 Å². The lowest BCUT2D eigenvalue weighted by Gasteiger charge is -2.15.